The lowest BCUT2D eigenvalue weighted by Crippen LogP contribution is -2.28. The Bertz CT molecular complexity index is 922. The van der Waals surface area contributed by atoms with E-state index >= 15 is 0 Å². The summed E-state index contributed by atoms with van der Waals surface area (Å²) in [5.74, 6) is -0.257. The zero-order chi connectivity index (χ0) is 18.2. The van der Waals surface area contributed by atoms with Crippen molar-refractivity contribution in [3.63, 3.8) is 0 Å². The highest BCUT2D eigenvalue weighted by Crippen LogP contribution is 2.35. The molecular weight excluding hydrogens is 427 g/mol. The minimum atomic E-state index is -3.99. The van der Waals surface area contributed by atoms with E-state index in [4.69, 9.17) is 34.8 Å². The third-order valence-electron chi connectivity index (χ3n) is 3.76. The predicted octanol–water partition coefficient (Wildman–Crippen LogP) is 4.75. The van der Waals surface area contributed by atoms with Crippen molar-refractivity contribution in [3.8, 4) is 0 Å². The molecule has 0 unspecified atom stereocenters. The van der Waals surface area contributed by atoms with Gasteiger partial charge in [-0.25, -0.2) is 8.42 Å². The van der Waals surface area contributed by atoms with E-state index in [0.29, 0.717) is 18.1 Å². The molecule has 0 radical (unpaired) electrons. The second kappa shape index (κ2) is 7.32. The van der Waals surface area contributed by atoms with Gasteiger partial charge in [0.25, 0.3) is 15.9 Å². The maximum Gasteiger partial charge on any atom is 0.264 e. The Kier molecular flexibility index (Phi) is 5.51. The first-order chi connectivity index (χ1) is 11.8. The molecule has 2 aromatic rings. The third kappa shape index (κ3) is 4.06. The van der Waals surface area contributed by atoms with E-state index in [1.54, 1.807) is 4.90 Å². The molecule has 0 bridgehead atoms. The average Bonchev–Trinajstić information content (AvgIpc) is 3.18. The van der Waals surface area contributed by atoms with Crippen molar-refractivity contribution in [1.29, 1.82) is 0 Å². The van der Waals surface area contributed by atoms with Crippen molar-refractivity contribution in [2.45, 2.75) is 17.7 Å². The number of nitrogens with zero attached hydrogens (tertiary/aromatic N) is 1. The fourth-order valence-electron chi connectivity index (χ4n) is 2.58. The number of thiophene rings is 1. The zero-order valence-corrected chi connectivity index (χ0v) is 16.7. The van der Waals surface area contributed by atoms with E-state index in [-0.39, 0.29) is 30.7 Å². The van der Waals surface area contributed by atoms with E-state index in [2.05, 4.69) is 4.72 Å². The van der Waals surface area contributed by atoms with Gasteiger partial charge in [0, 0.05) is 18.1 Å². The SMILES string of the molecule is O=C(c1cc(Cl)ccc1NS(=O)(=O)c1cc(Cl)sc1Cl)N1CCCC1. The molecule has 0 saturated carbocycles. The maximum atomic E-state index is 12.7. The van der Waals surface area contributed by atoms with Gasteiger partial charge < -0.3 is 4.90 Å². The summed E-state index contributed by atoms with van der Waals surface area (Å²) in [6, 6.07) is 5.71. The molecule has 1 aromatic heterocycles. The van der Waals surface area contributed by atoms with E-state index in [1.165, 1.54) is 24.3 Å². The second-order valence-electron chi connectivity index (χ2n) is 5.48. The van der Waals surface area contributed by atoms with Gasteiger partial charge in [-0.1, -0.05) is 34.8 Å². The van der Waals surface area contributed by atoms with Crippen molar-refractivity contribution in [2.75, 3.05) is 17.8 Å². The standard InChI is InChI=1S/C15H13Cl3N2O3S2/c16-9-3-4-11(10(7-9)15(21)20-5-1-2-6-20)19-25(22,23)12-8-13(17)24-14(12)18/h3-4,7-8,19H,1-2,5-6H2. The second-order valence-corrected chi connectivity index (χ2v) is 9.86. The zero-order valence-electron chi connectivity index (χ0n) is 12.8. The van der Waals surface area contributed by atoms with Gasteiger partial charge in [0.15, 0.2) is 0 Å². The Morgan fingerprint density at radius 1 is 1.12 bits per heavy atom. The summed E-state index contributed by atoms with van der Waals surface area (Å²) in [4.78, 5) is 14.3. The highest BCUT2D eigenvalue weighted by molar-refractivity contribution is 7.93. The van der Waals surface area contributed by atoms with Crippen molar-refractivity contribution in [2.24, 2.45) is 0 Å². The van der Waals surface area contributed by atoms with E-state index < -0.39 is 10.0 Å². The van der Waals surface area contributed by atoms with Gasteiger partial charge in [-0.05, 0) is 37.1 Å². The summed E-state index contributed by atoms with van der Waals surface area (Å²) < 4.78 is 28.0. The number of hydrogen-bond donors (Lipinski definition) is 1. The van der Waals surface area contributed by atoms with Gasteiger partial charge in [0.05, 0.1) is 15.6 Å². The fourth-order valence-corrected chi connectivity index (χ4v) is 5.98. The van der Waals surface area contributed by atoms with Crippen molar-refractivity contribution in [3.05, 3.63) is 43.5 Å². The monoisotopic (exact) mass is 438 g/mol. The van der Waals surface area contributed by atoms with E-state index in [0.717, 1.165) is 24.2 Å². The molecule has 1 saturated heterocycles. The summed E-state index contributed by atoms with van der Waals surface area (Å²) in [5, 5.41) is 0.349. The molecule has 25 heavy (non-hydrogen) atoms. The first-order valence-electron chi connectivity index (χ1n) is 7.34. The Labute approximate surface area is 164 Å². The first-order valence-corrected chi connectivity index (χ1v) is 10.8. The minimum absolute atomic E-state index is 0.0545. The molecule has 10 heteroatoms. The maximum absolute atomic E-state index is 12.7. The Hall–Kier alpha value is -0.990. The quantitative estimate of drug-likeness (QED) is 0.748. The number of likely N-dealkylation sites (tertiary alicyclic amines) is 1. The van der Waals surface area contributed by atoms with Crippen LogP contribution in [0.1, 0.15) is 23.2 Å². The number of nitrogens with one attached hydrogen (secondary N) is 1. The van der Waals surface area contributed by atoms with Crippen molar-refractivity contribution < 1.29 is 13.2 Å². The highest BCUT2D eigenvalue weighted by Gasteiger charge is 2.26. The number of rotatable bonds is 4. The molecule has 5 nitrogen and oxygen atoms in total. The number of sulfonamides is 1. The smallest absolute Gasteiger partial charge is 0.264 e. The molecule has 2 heterocycles. The third-order valence-corrected chi connectivity index (χ3v) is 7.12. The van der Waals surface area contributed by atoms with Crippen LogP contribution in [0.5, 0.6) is 0 Å². The van der Waals surface area contributed by atoms with E-state index in [1.807, 2.05) is 0 Å². The molecular formula is C15H13Cl3N2O3S2. The Morgan fingerprint density at radius 3 is 2.40 bits per heavy atom. The normalized spacial score (nSPS) is 14.8. The predicted molar refractivity (Wildman–Crippen MR) is 102 cm³/mol. The molecule has 0 spiro atoms. The molecule has 0 aliphatic carbocycles. The van der Waals surface area contributed by atoms with Crippen LogP contribution in [0.2, 0.25) is 13.7 Å². The topological polar surface area (TPSA) is 66.5 Å². The summed E-state index contributed by atoms with van der Waals surface area (Å²) in [5.41, 5.74) is 0.357. The van der Waals surface area contributed by atoms with Crippen LogP contribution in [-0.4, -0.2) is 32.3 Å². The number of carbonyl (C=O) groups is 1. The van der Waals surface area contributed by atoms with Crippen LogP contribution >= 0.6 is 46.1 Å². The molecule has 1 fully saturated rings. The van der Waals surface area contributed by atoms with Crippen LogP contribution in [-0.2, 0) is 10.0 Å². The molecule has 1 amide bonds. The van der Waals surface area contributed by atoms with Crippen LogP contribution in [0.15, 0.2) is 29.2 Å². The van der Waals surface area contributed by atoms with Gasteiger partial charge in [-0.2, -0.15) is 0 Å². The number of anilines is 1. The van der Waals surface area contributed by atoms with Gasteiger partial charge >= 0.3 is 0 Å². The highest BCUT2D eigenvalue weighted by atomic mass is 35.5. The number of amides is 1. The summed E-state index contributed by atoms with van der Waals surface area (Å²) >= 11 is 18.7. The lowest BCUT2D eigenvalue weighted by Gasteiger charge is -2.18. The van der Waals surface area contributed by atoms with Crippen LogP contribution in [0.25, 0.3) is 0 Å². The minimum Gasteiger partial charge on any atom is -0.339 e. The Balaban J connectivity index is 1.97. The summed E-state index contributed by atoms with van der Waals surface area (Å²) in [7, 11) is -3.99. The molecule has 3 rings (SSSR count). The van der Waals surface area contributed by atoms with Crippen LogP contribution in [0, 0.1) is 0 Å². The molecule has 0 atom stereocenters. The number of benzene rings is 1. The van der Waals surface area contributed by atoms with Gasteiger partial charge in [0.1, 0.15) is 9.23 Å². The summed E-state index contributed by atoms with van der Waals surface area (Å²) in [6.45, 7) is 1.28. The fraction of sp³-hybridized carbons (Fsp3) is 0.267. The molecule has 1 aliphatic heterocycles. The van der Waals surface area contributed by atoms with Gasteiger partial charge in [-0.15, -0.1) is 11.3 Å². The van der Waals surface area contributed by atoms with Crippen LogP contribution in [0.4, 0.5) is 5.69 Å². The van der Waals surface area contributed by atoms with Crippen LogP contribution in [0.3, 0.4) is 0 Å². The van der Waals surface area contributed by atoms with Gasteiger partial charge in [0.2, 0.25) is 0 Å². The molecule has 1 aromatic carbocycles. The average molecular weight is 440 g/mol. The lowest BCUT2D eigenvalue weighted by molar-refractivity contribution is 0.0794. The van der Waals surface area contributed by atoms with E-state index in [9.17, 15) is 13.2 Å². The number of hydrogen-bond acceptors (Lipinski definition) is 4. The molecule has 1 N–H and O–H groups in total. The van der Waals surface area contributed by atoms with Crippen LogP contribution < -0.4 is 4.72 Å². The number of carbonyl (C=O) groups excluding carboxylic acids is 1. The van der Waals surface area contributed by atoms with Gasteiger partial charge in [-0.3, -0.25) is 9.52 Å². The summed E-state index contributed by atoms with van der Waals surface area (Å²) in [6.07, 6.45) is 1.85. The lowest BCUT2D eigenvalue weighted by atomic mass is 10.1. The number of halogens is 3. The van der Waals surface area contributed by atoms with Crippen molar-refractivity contribution in [1.82, 2.24) is 4.90 Å². The molecule has 1 aliphatic rings. The van der Waals surface area contributed by atoms with Crippen molar-refractivity contribution >= 4 is 67.8 Å². The Morgan fingerprint density at radius 2 is 1.80 bits per heavy atom. The largest absolute Gasteiger partial charge is 0.339 e. The molecule has 134 valence electrons. The first kappa shape index (κ1) is 18.8.